The number of methoxy groups -OCH3 is 1. The van der Waals surface area contributed by atoms with Crippen LogP contribution in [-0.2, 0) is 20.8 Å². The number of nitrogens with zero attached hydrogens (tertiary/aromatic N) is 1. The van der Waals surface area contributed by atoms with Gasteiger partial charge in [0.1, 0.15) is 38.5 Å². The SMILES string of the molecule is COc1ccccc1C[N+]1(CCOC2=CSC(C)C2=O)CCOCC1. The molecule has 0 spiro atoms. The molecule has 3 rings (SSSR count). The Morgan fingerprint density at radius 3 is 2.72 bits per heavy atom. The summed E-state index contributed by atoms with van der Waals surface area (Å²) in [6.45, 7) is 7.59. The van der Waals surface area contributed by atoms with E-state index in [2.05, 4.69) is 6.07 Å². The second-order valence-electron chi connectivity index (χ2n) is 6.57. The van der Waals surface area contributed by atoms with E-state index in [1.807, 2.05) is 30.5 Å². The number of thioether (sulfide) groups is 1. The summed E-state index contributed by atoms with van der Waals surface area (Å²) in [6, 6.07) is 8.16. The molecule has 0 N–H and O–H groups in total. The van der Waals surface area contributed by atoms with E-state index in [1.165, 1.54) is 17.3 Å². The summed E-state index contributed by atoms with van der Waals surface area (Å²) in [7, 11) is 1.71. The van der Waals surface area contributed by atoms with Crippen LogP contribution in [0.25, 0.3) is 0 Å². The Morgan fingerprint density at radius 2 is 2.04 bits per heavy atom. The number of hydrogen-bond donors (Lipinski definition) is 0. The van der Waals surface area contributed by atoms with Crippen molar-refractivity contribution in [2.24, 2.45) is 0 Å². The number of morpholine rings is 1. The molecule has 2 aliphatic heterocycles. The van der Waals surface area contributed by atoms with E-state index in [1.54, 1.807) is 7.11 Å². The van der Waals surface area contributed by atoms with Gasteiger partial charge in [0.15, 0.2) is 5.76 Å². The van der Waals surface area contributed by atoms with Gasteiger partial charge in [-0.15, -0.1) is 11.8 Å². The van der Waals surface area contributed by atoms with E-state index in [0.717, 1.165) is 49.6 Å². The average molecular weight is 364 g/mol. The van der Waals surface area contributed by atoms with E-state index >= 15 is 0 Å². The third-order valence-corrected chi connectivity index (χ3v) is 5.91. The van der Waals surface area contributed by atoms with E-state index in [9.17, 15) is 4.79 Å². The second kappa shape index (κ2) is 8.25. The third kappa shape index (κ3) is 4.37. The molecule has 25 heavy (non-hydrogen) atoms. The Morgan fingerprint density at radius 1 is 1.28 bits per heavy atom. The molecule has 136 valence electrons. The molecule has 2 aliphatic rings. The molecule has 1 unspecified atom stereocenters. The Labute approximate surface area is 153 Å². The first kappa shape index (κ1) is 18.3. The molecule has 0 amide bonds. The van der Waals surface area contributed by atoms with E-state index in [0.29, 0.717) is 12.4 Å². The molecule has 2 heterocycles. The highest BCUT2D eigenvalue weighted by atomic mass is 32.2. The van der Waals surface area contributed by atoms with Crippen molar-refractivity contribution in [1.82, 2.24) is 0 Å². The summed E-state index contributed by atoms with van der Waals surface area (Å²) >= 11 is 1.53. The summed E-state index contributed by atoms with van der Waals surface area (Å²) < 4.78 is 17.8. The Kier molecular flexibility index (Phi) is 6.04. The first-order valence-corrected chi connectivity index (χ1v) is 9.65. The van der Waals surface area contributed by atoms with Crippen LogP contribution in [0.5, 0.6) is 5.75 Å². The minimum atomic E-state index is -0.0184. The Bertz CT molecular complexity index is 640. The van der Waals surface area contributed by atoms with Gasteiger partial charge in [0.2, 0.25) is 5.78 Å². The topological polar surface area (TPSA) is 44.8 Å². The lowest BCUT2D eigenvalue weighted by Crippen LogP contribution is -2.55. The predicted molar refractivity (Wildman–Crippen MR) is 98.5 cm³/mol. The van der Waals surface area contributed by atoms with Crippen LogP contribution in [0.2, 0.25) is 0 Å². The highest BCUT2D eigenvalue weighted by Crippen LogP contribution is 2.28. The lowest BCUT2D eigenvalue weighted by Gasteiger charge is -2.41. The number of para-hydroxylation sites is 1. The van der Waals surface area contributed by atoms with Gasteiger partial charge in [-0.1, -0.05) is 12.1 Å². The van der Waals surface area contributed by atoms with Crippen LogP contribution in [0.15, 0.2) is 35.4 Å². The lowest BCUT2D eigenvalue weighted by molar-refractivity contribution is -0.947. The van der Waals surface area contributed by atoms with Crippen molar-refractivity contribution in [3.63, 3.8) is 0 Å². The number of ether oxygens (including phenoxy) is 3. The van der Waals surface area contributed by atoms with Gasteiger partial charge in [-0.3, -0.25) is 4.79 Å². The number of carbonyl (C=O) groups is 1. The van der Waals surface area contributed by atoms with Crippen LogP contribution in [0.1, 0.15) is 12.5 Å². The maximum atomic E-state index is 12.0. The standard InChI is InChI=1S/C19H26NO4S/c1-15-19(21)18(14-25-15)24-12-9-20(7-10-23-11-8-20)13-16-5-3-4-6-17(16)22-2/h3-6,14-15H,7-13H2,1-2H3/q+1. The molecule has 0 aliphatic carbocycles. The molecule has 0 aromatic heterocycles. The average Bonchev–Trinajstić information content (AvgIpc) is 2.95. The molecular weight excluding hydrogens is 338 g/mol. The zero-order chi connectivity index (χ0) is 17.7. The fraction of sp³-hybridized carbons (Fsp3) is 0.526. The molecule has 5 nitrogen and oxygen atoms in total. The van der Waals surface area contributed by atoms with Gasteiger partial charge in [-0.2, -0.15) is 0 Å². The molecular formula is C19H26NO4S+. The van der Waals surface area contributed by atoms with Crippen molar-refractivity contribution in [2.45, 2.75) is 18.7 Å². The van der Waals surface area contributed by atoms with Crippen molar-refractivity contribution in [3.05, 3.63) is 41.0 Å². The molecule has 0 radical (unpaired) electrons. The highest BCUT2D eigenvalue weighted by molar-refractivity contribution is 8.03. The zero-order valence-corrected chi connectivity index (χ0v) is 15.7. The second-order valence-corrected chi connectivity index (χ2v) is 7.78. The van der Waals surface area contributed by atoms with Crippen molar-refractivity contribution < 1.29 is 23.5 Å². The monoisotopic (exact) mass is 364 g/mol. The number of carbonyl (C=O) groups excluding carboxylic acids is 1. The number of rotatable bonds is 7. The van der Waals surface area contributed by atoms with Crippen LogP contribution in [0, 0.1) is 0 Å². The molecule has 6 heteroatoms. The molecule has 0 saturated carbocycles. The quantitative estimate of drug-likeness (QED) is 0.696. The van der Waals surface area contributed by atoms with Gasteiger partial charge in [0.05, 0.1) is 25.6 Å². The van der Waals surface area contributed by atoms with E-state index in [4.69, 9.17) is 14.2 Å². The maximum Gasteiger partial charge on any atom is 0.210 e. The fourth-order valence-corrected chi connectivity index (χ4v) is 4.08. The zero-order valence-electron chi connectivity index (χ0n) is 14.9. The van der Waals surface area contributed by atoms with E-state index < -0.39 is 0 Å². The first-order chi connectivity index (χ1) is 12.1. The maximum absolute atomic E-state index is 12.0. The van der Waals surface area contributed by atoms with Crippen molar-refractivity contribution in [1.29, 1.82) is 0 Å². The van der Waals surface area contributed by atoms with Crippen LogP contribution >= 0.6 is 11.8 Å². The minimum Gasteiger partial charge on any atom is -0.496 e. The highest BCUT2D eigenvalue weighted by Gasteiger charge is 2.33. The smallest absolute Gasteiger partial charge is 0.210 e. The summed E-state index contributed by atoms with van der Waals surface area (Å²) in [6.07, 6.45) is 0. The van der Waals surface area contributed by atoms with Gasteiger partial charge in [0.25, 0.3) is 0 Å². The van der Waals surface area contributed by atoms with Gasteiger partial charge in [-0.25, -0.2) is 0 Å². The largest absolute Gasteiger partial charge is 0.496 e. The number of benzene rings is 1. The molecule has 1 saturated heterocycles. The lowest BCUT2D eigenvalue weighted by atomic mass is 10.1. The predicted octanol–water partition coefficient (Wildman–Crippen LogP) is 2.60. The van der Waals surface area contributed by atoms with Crippen LogP contribution in [0.4, 0.5) is 0 Å². The molecule has 1 aromatic carbocycles. The van der Waals surface area contributed by atoms with Crippen LogP contribution in [-0.4, -0.2) is 62.1 Å². The minimum absolute atomic E-state index is 0.0184. The van der Waals surface area contributed by atoms with Gasteiger partial charge in [0, 0.05) is 11.0 Å². The summed E-state index contributed by atoms with van der Waals surface area (Å²) in [4.78, 5) is 12.0. The van der Waals surface area contributed by atoms with Crippen LogP contribution in [0.3, 0.4) is 0 Å². The Balaban J connectivity index is 1.65. The summed E-state index contributed by atoms with van der Waals surface area (Å²) in [5, 5.41) is 1.83. The fourth-order valence-electron chi connectivity index (χ4n) is 3.32. The third-order valence-electron chi connectivity index (χ3n) is 4.93. The first-order valence-electron chi connectivity index (χ1n) is 8.71. The van der Waals surface area contributed by atoms with Crippen LogP contribution < -0.4 is 4.74 Å². The number of hydrogen-bond acceptors (Lipinski definition) is 5. The van der Waals surface area contributed by atoms with Gasteiger partial charge in [-0.05, 0) is 19.1 Å². The van der Waals surface area contributed by atoms with Crippen molar-refractivity contribution in [2.75, 3.05) is 46.6 Å². The molecule has 1 aromatic rings. The molecule has 0 bridgehead atoms. The normalized spacial score (nSPS) is 22.6. The van der Waals surface area contributed by atoms with Gasteiger partial charge < -0.3 is 18.7 Å². The van der Waals surface area contributed by atoms with Gasteiger partial charge >= 0.3 is 0 Å². The number of ketones is 1. The van der Waals surface area contributed by atoms with Crippen molar-refractivity contribution in [3.8, 4) is 5.75 Å². The molecule has 1 fully saturated rings. The summed E-state index contributed by atoms with van der Waals surface area (Å²) in [5.74, 6) is 1.54. The molecule has 1 atom stereocenters. The number of quaternary nitrogens is 1. The number of Topliss-reactive ketones (excluding diaryl/α,β-unsaturated/α-hetero) is 1. The number of allylic oxidation sites excluding steroid dienone is 1. The summed E-state index contributed by atoms with van der Waals surface area (Å²) in [5.41, 5.74) is 1.20. The Hall–Kier alpha value is -1.50. The van der Waals surface area contributed by atoms with E-state index in [-0.39, 0.29) is 11.0 Å². The van der Waals surface area contributed by atoms with Crippen molar-refractivity contribution >= 4 is 17.5 Å².